The molecule has 1 unspecified atom stereocenters. The second-order valence-electron chi connectivity index (χ2n) is 8.55. The van der Waals surface area contributed by atoms with Crippen LogP contribution in [0, 0.1) is 0 Å². The Kier molecular flexibility index (Phi) is 6.52. The first-order valence-corrected chi connectivity index (χ1v) is 12.5. The van der Waals surface area contributed by atoms with Crippen LogP contribution in [0.4, 0.5) is 5.82 Å². The van der Waals surface area contributed by atoms with E-state index in [1.54, 1.807) is 10.7 Å². The van der Waals surface area contributed by atoms with Crippen LogP contribution in [-0.4, -0.2) is 62.9 Å². The summed E-state index contributed by atoms with van der Waals surface area (Å²) in [6.07, 6.45) is 5.41. The van der Waals surface area contributed by atoms with Crippen molar-refractivity contribution in [2.75, 3.05) is 37.3 Å². The zero-order valence-corrected chi connectivity index (χ0v) is 18.7. The number of fused-ring (bicyclic) bond motifs is 2. The molecule has 3 aliphatic heterocycles. The average molecular weight is 443 g/mol. The summed E-state index contributed by atoms with van der Waals surface area (Å²) in [6.45, 7) is 4.56. The molecule has 166 valence electrons. The molecule has 0 aromatic carbocycles. The van der Waals surface area contributed by atoms with Crippen molar-refractivity contribution in [1.82, 2.24) is 24.9 Å². The fourth-order valence-electron chi connectivity index (χ4n) is 4.67. The summed E-state index contributed by atoms with van der Waals surface area (Å²) in [6, 6.07) is 4.30. The Balaban J connectivity index is 1.20. The van der Waals surface area contributed by atoms with Crippen LogP contribution in [0.15, 0.2) is 16.9 Å². The van der Waals surface area contributed by atoms with Crippen LogP contribution in [0.25, 0.3) is 0 Å². The monoisotopic (exact) mass is 442 g/mol. The summed E-state index contributed by atoms with van der Waals surface area (Å²) in [5.41, 5.74) is 4.39. The molecule has 9 heteroatoms. The van der Waals surface area contributed by atoms with Crippen molar-refractivity contribution in [2.24, 2.45) is 0 Å². The van der Waals surface area contributed by atoms with Crippen molar-refractivity contribution in [2.45, 2.75) is 57.1 Å². The molecular formula is C22H30N6O2S. The third-order valence-corrected chi connectivity index (χ3v) is 7.48. The number of nitrogens with zero attached hydrogens (tertiary/aromatic N) is 5. The highest BCUT2D eigenvalue weighted by Crippen LogP contribution is 2.24. The first-order chi connectivity index (χ1) is 15.3. The third kappa shape index (κ3) is 4.94. The number of rotatable bonds is 6. The zero-order valence-electron chi connectivity index (χ0n) is 17.9. The molecule has 1 atom stereocenters. The van der Waals surface area contributed by atoms with Crippen molar-refractivity contribution >= 4 is 17.6 Å². The van der Waals surface area contributed by atoms with Crippen LogP contribution in [0.3, 0.4) is 0 Å². The van der Waals surface area contributed by atoms with Crippen LogP contribution >= 0.6 is 11.8 Å². The van der Waals surface area contributed by atoms with Gasteiger partial charge in [-0.05, 0) is 36.8 Å². The molecule has 2 aromatic rings. The van der Waals surface area contributed by atoms with Gasteiger partial charge in [0.15, 0.2) is 0 Å². The Morgan fingerprint density at radius 1 is 1.13 bits per heavy atom. The lowest BCUT2D eigenvalue weighted by atomic mass is 10.0. The van der Waals surface area contributed by atoms with Gasteiger partial charge in [0.1, 0.15) is 5.82 Å². The second kappa shape index (κ2) is 9.67. The van der Waals surface area contributed by atoms with Crippen LogP contribution < -0.4 is 10.9 Å². The number of likely N-dealkylation sites (tertiary alicyclic amines) is 1. The minimum Gasteiger partial charge on any atom is -0.376 e. The molecule has 3 aliphatic rings. The molecule has 0 spiro atoms. The van der Waals surface area contributed by atoms with E-state index in [9.17, 15) is 4.79 Å². The molecule has 1 saturated heterocycles. The summed E-state index contributed by atoms with van der Waals surface area (Å²) < 4.78 is 7.07. The van der Waals surface area contributed by atoms with E-state index in [4.69, 9.17) is 4.74 Å². The van der Waals surface area contributed by atoms with Gasteiger partial charge in [0.05, 0.1) is 31.1 Å². The van der Waals surface area contributed by atoms with Gasteiger partial charge < -0.3 is 10.1 Å². The minimum absolute atomic E-state index is 0.0295. The number of ether oxygens (including phenoxy) is 1. The Bertz CT molecular complexity index is 981. The quantitative estimate of drug-likeness (QED) is 0.726. The first kappa shape index (κ1) is 20.9. The standard InChI is InChI=1S/C22H30N6O2S/c29-22-12-16-14-30-9-4-20(16)26-28(22)8-7-27-6-2-1-3-18(27)13-23-21-11-17-15-31-10-5-19(17)24-25-21/h11-12,18H,1-10,13-15H2,(H,23,25). The van der Waals surface area contributed by atoms with Crippen LogP contribution in [0.1, 0.15) is 41.8 Å². The molecule has 1 N–H and O–H groups in total. The summed E-state index contributed by atoms with van der Waals surface area (Å²) in [5, 5.41) is 17.0. The second-order valence-corrected chi connectivity index (χ2v) is 9.66. The van der Waals surface area contributed by atoms with E-state index in [0.29, 0.717) is 25.8 Å². The molecule has 0 amide bonds. The molecule has 1 fully saturated rings. The fraction of sp³-hybridized carbons (Fsp3) is 0.636. The maximum absolute atomic E-state index is 12.5. The van der Waals surface area contributed by atoms with Gasteiger partial charge >= 0.3 is 0 Å². The predicted octanol–water partition coefficient (Wildman–Crippen LogP) is 1.86. The molecule has 8 nitrogen and oxygen atoms in total. The molecule has 0 aliphatic carbocycles. The average Bonchev–Trinajstić information content (AvgIpc) is 2.82. The van der Waals surface area contributed by atoms with Crippen molar-refractivity contribution in [3.63, 3.8) is 0 Å². The lowest BCUT2D eigenvalue weighted by molar-refractivity contribution is 0.107. The van der Waals surface area contributed by atoms with E-state index in [1.165, 1.54) is 18.4 Å². The number of nitrogens with one attached hydrogen (secondary N) is 1. The number of aryl methyl sites for hydroxylation is 1. The van der Waals surface area contributed by atoms with Gasteiger partial charge in [0.2, 0.25) is 0 Å². The summed E-state index contributed by atoms with van der Waals surface area (Å²) in [4.78, 5) is 15.0. The Morgan fingerprint density at radius 2 is 2.10 bits per heavy atom. The summed E-state index contributed by atoms with van der Waals surface area (Å²) >= 11 is 1.96. The van der Waals surface area contributed by atoms with Crippen LogP contribution in [0.5, 0.6) is 0 Å². The molecule has 0 radical (unpaired) electrons. The van der Waals surface area contributed by atoms with Crippen LogP contribution in [-0.2, 0) is 36.5 Å². The number of aromatic nitrogens is 4. The molecular weight excluding hydrogens is 412 g/mol. The van der Waals surface area contributed by atoms with Crippen molar-refractivity contribution in [3.05, 3.63) is 45.0 Å². The molecule has 31 heavy (non-hydrogen) atoms. The SMILES string of the molecule is O=c1cc2c(nn1CCN1CCCCC1CNc1cc3c(nn1)CCSC3)CCOC2. The summed E-state index contributed by atoms with van der Waals surface area (Å²) in [5.74, 6) is 3.05. The van der Waals surface area contributed by atoms with Gasteiger partial charge in [-0.3, -0.25) is 9.69 Å². The summed E-state index contributed by atoms with van der Waals surface area (Å²) in [7, 11) is 0. The van der Waals surface area contributed by atoms with Gasteiger partial charge in [0.25, 0.3) is 5.56 Å². The van der Waals surface area contributed by atoms with Gasteiger partial charge in [-0.2, -0.15) is 22.0 Å². The van der Waals surface area contributed by atoms with E-state index >= 15 is 0 Å². The number of hydrogen-bond donors (Lipinski definition) is 1. The maximum atomic E-state index is 12.5. The van der Waals surface area contributed by atoms with Gasteiger partial charge in [-0.1, -0.05) is 6.42 Å². The lowest BCUT2D eigenvalue weighted by Gasteiger charge is -2.36. The Hall–Kier alpha value is -1.97. The van der Waals surface area contributed by atoms with E-state index in [-0.39, 0.29) is 5.56 Å². The van der Waals surface area contributed by atoms with E-state index in [0.717, 1.165) is 73.2 Å². The highest BCUT2D eigenvalue weighted by molar-refractivity contribution is 7.98. The van der Waals surface area contributed by atoms with E-state index in [2.05, 4.69) is 31.6 Å². The Labute approximate surface area is 186 Å². The largest absolute Gasteiger partial charge is 0.376 e. The van der Waals surface area contributed by atoms with Crippen molar-refractivity contribution in [3.8, 4) is 0 Å². The minimum atomic E-state index is -0.0295. The first-order valence-electron chi connectivity index (χ1n) is 11.3. The number of hydrogen-bond acceptors (Lipinski definition) is 8. The lowest BCUT2D eigenvalue weighted by Crippen LogP contribution is -2.46. The predicted molar refractivity (Wildman–Crippen MR) is 121 cm³/mol. The van der Waals surface area contributed by atoms with Crippen LogP contribution in [0.2, 0.25) is 0 Å². The normalized spacial score (nSPS) is 21.4. The van der Waals surface area contributed by atoms with Gasteiger partial charge in [0, 0.05) is 49.4 Å². The maximum Gasteiger partial charge on any atom is 0.267 e. The molecule has 2 aromatic heterocycles. The van der Waals surface area contributed by atoms with Crippen molar-refractivity contribution < 1.29 is 4.74 Å². The molecule has 5 rings (SSSR count). The Morgan fingerprint density at radius 3 is 3.06 bits per heavy atom. The smallest absolute Gasteiger partial charge is 0.267 e. The van der Waals surface area contributed by atoms with Gasteiger partial charge in [-0.15, -0.1) is 5.10 Å². The zero-order chi connectivity index (χ0) is 21.0. The topological polar surface area (TPSA) is 85.2 Å². The van der Waals surface area contributed by atoms with E-state index < -0.39 is 0 Å². The number of thioether (sulfide) groups is 1. The van der Waals surface area contributed by atoms with Gasteiger partial charge in [-0.25, -0.2) is 4.68 Å². The highest BCUT2D eigenvalue weighted by atomic mass is 32.2. The number of anilines is 1. The molecule has 0 saturated carbocycles. The molecule has 5 heterocycles. The highest BCUT2D eigenvalue weighted by Gasteiger charge is 2.23. The van der Waals surface area contributed by atoms with E-state index in [1.807, 2.05) is 11.8 Å². The van der Waals surface area contributed by atoms with Crippen molar-refractivity contribution in [1.29, 1.82) is 0 Å². The fourth-order valence-corrected chi connectivity index (χ4v) is 5.62. The number of piperidine rings is 1. The third-order valence-electron chi connectivity index (χ3n) is 6.47. The molecule has 0 bridgehead atoms.